The predicted octanol–water partition coefficient (Wildman–Crippen LogP) is 3.32. The Bertz CT molecular complexity index is 314. The summed E-state index contributed by atoms with van der Waals surface area (Å²) in [7, 11) is 0. The van der Waals surface area contributed by atoms with E-state index in [0.29, 0.717) is 11.1 Å². The Balaban J connectivity index is 2.47. The van der Waals surface area contributed by atoms with Crippen molar-refractivity contribution in [1.82, 2.24) is 5.32 Å². The van der Waals surface area contributed by atoms with Gasteiger partial charge in [0.1, 0.15) is 5.75 Å². The number of phenols is 1. The maximum Gasteiger partial charge on any atom is 0.134 e. The van der Waals surface area contributed by atoms with E-state index in [4.69, 9.17) is 11.6 Å². The van der Waals surface area contributed by atoms with Crippen molar-refractivity contribution in [1.29, 1.82) is 0 Å². The molecule has 1 atom stereocenters. The van der Waals surface area contributed by atoms with E-state index in [1.165, 1.54) is 12.8 Å². The van der Waals surface area contributed by atoms with Crippen molar-refractivity contribution < 1.29 is 5.11 Å². The monoisotopic (exact) mass is 227 g/mol. The third kappa shape index (κ3) is 4.10. The average molecular weight is 228 g/mol. The molecule has 0 amide bonds. The molecule has 0 radical (unpaired) electrons. The van der Waals surface area contributed by atoms with Crippen LogP contribution in [-0.2, 0) is 6.54 Å². The molecule has 1 aromatic carbocycles. The molecule has 0 aliphatic rings. The van der Waals surface area contributed by atoms with E-state index in [2.05, 4.69) is 19.2 Å². The van der Waals surface area contributed by atoms with Crippen LogP contribution in [0.25, 0.3) is 0 Å². The van der Waals surface area contributed by atoms with Gasteiger partial charge in [0.15, 0.2) is 0 Å². The fraction of sp³-hybridized carbons (Fsp3) is 0.500. The van der Waals surface area contributed by atoms with Crippen LogP contribution in [0.2, 0.25) is 5.02 Å². The van der Waals surface area contributed by atoms with Crippen molar-refractivity contribution in [3.63, 3.8) is 0 Å². The first-order chi connectivity index (χ1) is 7.13. The fourth-order valence-electron chi connectivity index (χ4n) is 1.49. The van der Waals surface area contributed by atoms with Gasteiger partial charge < -0.3 is 10.4 Å². The minimum Gasteiger partial charge on any atom is -0.506 e. The van der Waals surface area contributed by atoms with Crippen molar-refractivity contribution in [2.45, 2.75) is 39.3 Å². The standard InChI is InChI=1S/C12H18ClNO/c1-3-4-9(2)14-8-10-5-6-12(15)11(13)7-10/h5-7,9,14-15H,3-4,8H2,1-2H3. The molecule has 0 saturated carbocycles. The number of halogens is 1. The number of hydrogen-bond acceptors (Lipinski definition) is 2. The average Bonchev–Trinajstić information content (AvgIpc) is 2.20. The van der Waals surface area contributed by atoms with E-state index >= 15 is 0 Å². The lowest BCUT2D eigenvalue weighted by molar-refractivity contribution is 0.474. The van der Waals surface area contributed by atoms with Crippen molar-refractivity contribution in [3.05, 3.63) is 28.8 Å². The van der Waals surface area contributed by atoms with E-state index in [-0.39, 0.29) is 5.75 Å². The molecule has 0 spiro atoms. The molecular weight excluding hydrogens is 210 g/mol. The largest absolute Gasteiger partial charge is 0.506 e. The van der Waals surface area contributed by atoms with Gasteiger partial charge in [-0.05, 0) is 31.0 Å². The van der Waals surface area contributed by atoms with Crippen LogP contribution in [0.4, 0.5) is 0 Å². The molecule has 1 unspecified atom stereocenters. The number of phenolic OH excluding ortho intramolecular Hbond substituents is 1. The highest BCUT2D eigenvalue weighted by Crippen LogP contribution is 2.23. The number of nitrogens with one attached hydrogen (secondary N) is 1. The first-order valence-corrected chi connectivity index (χ1v) is 5.72. The maximum atomic E-state index is 9.25. The Morgan fingerprint density at radius 3 is 2.80 bits per heavy atom. The molecule has 15 heavy (non-hydrogen) atoms. The van der Waals surface area contributed by atoms with E-state index < -0.39 is 0 Å². The van der Waals surface area contributed by atoms with Crippen LogP contribution in [0, 0.1) is 0 Å². The van der Waals surface area contributed by atoms with Crippen LogP contribution >= 0.6 is 11.6 Å². The third-order valence-electron chi connectivity index (χ3n) is 2.39. The predicted molar refractivity (Wildman–Crippen MR) is 64.3 cm³/mol. The summed E-state index contributed by atoms with van der Waals surface area (Å²) >= 11 is 5.81. The van der Waals surface area contributed by atoms with Crippen molar-refractivity contribution in [3.8, 4) is 5.75 Å². The summed E-state index contributed by atoms with van der Waals surface area (Å²) in [5.74, 6) is 0.141. The minimum atomic E-state index is 0.141. The second-order valence-corrected chi connectivity index (χ2v) is 4.26. The van der Waals surface area contributed by atoms with Gasteiger partial charge >= 0.3 is 0 Å². The lowest BCUT2D eigenvalue weighted by atomic mass is 10.1. The zero-order valence-electron chi connectivity index (χ0n) is 9.26. The van der Waals surface area contributed by atoms with Crippen LogP contribution in [0.3, 0.4) is 0 Å². The third-order valence-corrected chi connectivity index (χ3v) is 2.69. The summed E-state index contributed by atoms with van der Waals surface area (Å²) in [6.45, 7) is 5.14. The SMILES string of the molecule is CCCC(C)NCc1ccc(O)c(Cl)c1. The zero-order valence-corrected chi connectivity index (χ0v) is 10.0. The van der Waals surface area contributed by atoms with Crippen molar-refractivity contribution in [2.24, 2.45) is 0 Å². The van der Waals surface area contributed by atoms with Crippen LogP contribution < -0.4 is 5.32 Å². The van der Waals surface area contributed by atoms with Gasteiger partial charge in [0.05, 0.1) is 5.02 Å². The second-order valence-electron chi connectivity index (χ2n) is 3.86. The number of rotatable bonds is 5. The Hall–Kier alpha value is -0.730. The molecule has 0 heterocycles. The molecule has 1 rings (SSSR count). The van der Waals surface area contributed by atoms with Crippen LogP contribution in [0.15, 0.2) is 18.2 Å². The molecule has 2 nitrogen and oxygen atoms in total. The van der Waals surface area contributed by atoms with Gasteiger partial charge in [0.2, 0.25) is 0 Å². The zero-order chi connectivity index (χ0) is 11.3. The van der Waals surface area contributed by atoms with E-state index in [0.717, 1.165) is 12.1 Å². The van der Waals surface area contributed by atoms with Gasteiger partial charge in [0, 0.05) is 12.6 Å². The molecule has 2 N–H and O–H groups in total. The molecule has 0 aromatic heterocycles. The summed E-state index contributed by atoms with van der Waals surface area (Å²) in [6, 6.07) is 5.82. The molecule has 1 aromatic rings. The lowest BCUT2D eigenvalue weighted by Crippen LogP contribution is -2.24. The second kappa shape index (κ2) is 5.99. The molecular formula is C12H18ClNO. The van der Waals surface area contributed by atoms with Gasteiger partial charge in [-0.2, -0.15) is 0 Å². The summed E-state index contributed by atoms with van der Waals surface area (Å²) in [5, 5.41) is 13.1. The van der Waals surface area contributed by atoms with E-state index in [9.17, 15) is 5.11 Å². The van der Waals surface area contributed by atoms with Gasteiger partial charge in [-0.15, -0.1) is 0 Å². The van der Waals surface area contributed by atoms with Crippen molar-refractivity contribution >= 4 is 11.6 Å². The van der Waals surface area contributed by atoms with Gasteiger partial charge in [-0.25, -0.2) is 0 Å². The first kappa shape index (κ1) is 12.3. The minimum absolute atomic E-state index is 0.141. The maximum absolute atomic E-state index is 9.25. The summed E-state index contributed by atoms with van der Waals surface area (Å²) < 4.78 is 0. The van der Waals surface area contributed by atoms with E-state index in [1.54, 1.807) is 12.1 Å². The Kier molecular flexibility index (Phi) is 4.92. The number of hydrogen-bond donors (Lipinski definition) is 2. The highest BCUT2D eigenvalue weighted by Gasteiger charge is 2.02. The smallest absolute Gasteiger partial charge is 0.134 e. The quantitative estimate of drug-likeness (QED) is 0.809. The van der Waals surface area contributed by atoms with Crippen molar-refractivity contribution in [2.75, 3.05) is 0 Å². The summed E-state index contributed by atoms with van der Waals surface area (Å²) in [4.78, 5) is 0. The van der Waals surface area contributed by atoms with Gasteiger partial charge in [-0.1, -0.05) is 31.0 Å². The summed E-state index contributed by atoms with van der Waals surface area (Å²) in [5.41, 5.74) is 1.10. The molecule has 0 bridgehead atoms. The lowest BCUT2D eigenvalue weighted by Gasteiger charge is -2.12. The van der Waals surface area contributed by atoms with Crippen LogP contribution in [0.1, 0.15) is 32.3 Å². The highest BCUT2D eigenvalue weighted by molar-refractivity contribution is 6.32. The van der Waals surface area contributed by atoms with Crippen LogP contribution in [0.5, 0.6) is 5.75 Å². The molecule has 0 saturated heterocycles. The molecule has 0 fully saturated rings. The van der Waals surface area contributed by atoms with Gasteiger partial charge in [0.25, 0.3) is 0 Å². The van der Waals surface area contributed by atoms with Gasteiger partial charge in [-0.3, -0.25) is 0 Å². The normalized spacial score (nSPS) is 12.7. The number of aromatic hydroxyl groups is 1. The number of benzene rings is 1. The Labute approximate surface area is 96.3 Å². The molecule has 0 aliphatic carbocycles. The Morgan fingerprint density at radius 2 is 2.20 bits per heavy atom. The fourth-order valence-corrected chi connectivity index (χ4v) is 1.69. The van der Waals surface area contributed by atoms with Crippen LogP contribution in [-0.4, -0.2) is 11.1 Å². The molecule has 84 valence electrons. The van der Waals surface area contributed by atoms with E-state index in [1.807, 2.05) is 6.07 Å². The topological polar surface area (TPSA) is 32.3 Å². The first-order valence-electron chi connectivity index (χ1n) is 5.34. The highest BCUT2D eigenvalue weighted by atomic mass is 35.5. The molecule has 3 heteroatoms. The molecule has 0 aliphatic heterocycles. The Morgan fingerprint density at radius 1 is 1.47 bits per heavy atom. The summed E-state index contributed by atoms with van der Waals surface area (Å²) in [6.07, 6.45) is 2.36.